The molecule has 20 heavy (non-hydrogen) atoms. The lowest BCUT2D eigenvalue weighted by molar-refractivity contribution is 0.0999. The standard InChI is InChI=1S/C15H20N4O/c1-9-5-6-10(7-11(9)14(17)20)19-13(16)8-12(18-19)15(2,3)4/h5-8H,16H2,1-4H3,(H2,17,20). The van der Waals surface area contributed by atoms with Crippen LogP contribution < -0.4 is 11.5 Å². The van der Waals surface area contributed by atoms with Crippen molar-refractivity contribution < 1.29 is 4.79 Å². The zero-order valence-electron chi connectivity index (χ0n) is 12.3. The van der Waals surface area contributed by atoms with Gasteiger partial charge in [-0.2, -0.15) is 5.10 Å². The number of carbonyl (C=O) groups excluding carboxylic acids is 1. The Morgan fingerprint density at radius 3 is 2.40 bits per heavy atom. The number of amides is 1. The minimum atomic E-state index is -0.453. The molecule has 0 radical (unpaired) electrons. The van der Waals surface area contributed by atoms with E-state index in [9.17, 15) is 4.79 Å². The molecule has 1 amide bonds. The van der Waals surface area contributed by atoms with Crippen LogP contribution in [0.2, 0.25) is 0 Å². The third kappa shape index (κ3) is 2.52. The van der Waals surface area contributed by atoms with Gasteiger partial charge in [0, 0.05) is 17.0 Å². The number of carbonyl (C=O) groups is 1. The Kier molecular flexibility index (Phi) is 3.29. The Morgan fingerprint density at radius 2 is 1.90 bits per heavy atom. The van der Waals surface area contributed by atoms with Gasteiger partial charge in [0.1, 0.15) is 5.82 Å². The van der Waals surface area contributed by atoms with E-state index in [1.165, 1.54) is 0 Å². The summed E-state index contributed by atoms with van der Waals surface area (Å²) >= 11 is 0. The number of rotatable bonds is 2. The summed E-state index contributed by atoms with van der Waals surface area (Å²) in [5.74, 6) is 0.0836. The summed E-state index contributed by atoms with van der Waals surface area (Å²) in [5, 5.41) is 4.52. The molecule has 0 aliphatic heterocycles. The number of benzene rings is 1. The molecule has 1 aromatic carbocycles. The molecule has 0 bridgehead atoms. The molecule has 0 saturated heterocycles. The van der Waals surface area contributed by atoms with Crippen LogP contribution in [0, 0.1) is 6.92 Å². The fraction of sp³-hybridized carbons (Fsp3) is 0.333. The molecule has 0 fully saturated rings. The van der Waals surface area contributed by atoms with Gasteiger partial charge < -0.3 is 11.5 Å². The van der Waals surface area contributed by atoms with Crippen LogP contribution in [0.25, 0.3) is 5.69 Å². The zero-order chi connectivity index (χ0) is 15.1. The van der Waals surface area contributed by atoms with E-state index in [0.717, 1.165) is 16.9 Å². The second-order valence-corrected chi connectivity index (χ2v) is 5.98. The lowest BCUT2D eigenvalue weighted by Crippen LogP contribution is -2.14. The first-order valence-corrected chi connectivity index (χ1v) is 6.47. The maximum Gasteiger partial charge on any atom is 0.249 e. The normalized spacial score (nSPS) is 11.6. The summed E-state index contributed by atoms with van der Waals surface area (Å²) in [6.07, 6.45) is 0. The van der Waals surface area contributed by atoms with Crippen LogP contribution in [-0.4, -0.2) is 15.7 Å². The fourth-order valence-corrected chi connectivity index (χ4v) is 1.98. The van der Waals surface area contributed by atoms with E-state index >= 15 is 0 Å². The summed E-state index contributed by atoms with van der Waals surface area (Å²) in [4.78, 5) is 11.4. The van der Waals surface area contributed by atoms with Gasteiger partial charge in [-0.3, -0.25) is 4.79 Å². The number of aromatic nitrogens is 2. The number of nitrogen functional groups attached to an aromatic ring is 1. The Hall–Kier alpha value is -2.30. The van der Waals surface area contributed by atoms with Crippen molar-refractivity contribution in [2.75, 3.05) is 5.73 Å². The average molecular weight is 272 g/mol. The minimum absolute atomic E-state index is 0.0867. The highest BCUT2D eigenvalue weighted by molar-refractivity contribution is 5.94. The summed E-state index contributed by atoms with van der Waals surface area (Å²) in [7, 11) is 0. The first-order chi connectivity index (χ1) is 9.20. The van der Waals surface area contributed by atoms with Crippen molar-refractivity contribution in [3.8, 4) is 5.69 Å². The molecular formula is C15H20N4O. The molecule has 0 saturated carbocycles. The summed E-state index contributed by atoms with van der Waals surface area (Å²) in [6.45, 7) is 8.06. The predicted octanol–water partition coefficient (Wildman–Crippen LogP) is 2.16. The highest BCUT2D eigenvalue weighted by Gasteiger charge is 2.20. The molecule has 2 aromatic rings. The first kappa shape index (κ1) is 14.1. The van der Waals surface area contributed by atoms with E-state index in [4.69, 9.17) is 11.5 Å². The second-order valence-electron chi connectivity index (χ2n) is 5.98. The van der Waals surface area contributed by atoms with Crippen LogP contribution in [0.4, 0.5) is 5.82 Å². The molecule has 0 spiro atoms. The molecule has 0 atom stereocenters. The minimum Gasteiger partial charge on any atom is -0.384 e. The molecule has 0 unspecified atom stereocenters. The Bertz CT molecular complexity index is 665. The van der Waals surface area contributed by atoms with Crippen molar-refractivity contribution in [2.24, 2.45) is 5.73 Å². The predicted molar refractivity (Wildman–Crippen MR) is 79.9 cm³/mol. The first-order valence-electron chi connectivity index (χ1n) is 6.47. The van der Waals surface area contributed by atoms with Crippen LogP contribution in [0.5, 0.6) is 0 Å². The highest BCUT2D eigenvalue weighted by Crippen LogP contribution is 2.25. The third-order valence-electron chi connectivity index (χ3n) is 3.24. The number of aryl methyl sites for hydroxylation is 1. The van der Waals surface area contributed by atoms with E-state index in [0.29, 0.717) is 11.4 Å². The number of hydrogen-bond acceptors (Lipinski definition) is 3. The Labute approximate surface area is 118 Å². The molecule has 1 heterocycles. The summed E-state index contributed by atoms with van der Waals surface area (Å²) in [6, 6.07) is 7.28. The van der Waals surface area contributed by atoms with Gasteiger partial charge in [0.25, 0.3) is 0 Å². The van der Waals surface area contributed by atoms with Gasteiger partial charge >= 0.3 is 0 Å². The van der Waals surface area contributed by atoms with E-state index < -0.39 is 5.91 Å². The number of anilines is 1. The van der Waals surface area contributed by atoms with E-state index in [2.05, 4.69) is 25.9 Å². The third-order valence-corrected chi connectivity index (χ3v) is 3.24. The molecule has 1 aromatic heterocycles. The maximum atomic E-state index is 11.4. The molecule has 5 heteroatoms. The van der Waals surface area contributed by atoms with Gasteiger partial charge in [-0.25, -0.2) is 4.68 Å². The van der Waals surface area contributed by atoms with Crippen LogP contribution in [-0.2, 0) is 5.41 Å². The molecule has 0 aliphatic rings. The van der Waals surface area contributed by atoms with Crippen molar-refractivity contribution in [1.82, 2.24) is 9.78 Å². The molecule has 106 valence electrons. The van der Waals surface area contributed by atoms with Gasteiger partial charge in [0.05, 0.1) is 11.4 Å². The van der Waals surface area contributed by atoms with E-state index in [1.54, 1.807) is 10.7 Å². The lowest BCUT2D eigenvalue weighted by Gasteiger charge is -2.14. The van der Waals surface area contributed by atoms with Crippen LogP contribution in [0.15, 0.2) is 24.3 Å². The zero-order valence-corrected chi connectivity index (χ0v) is 12.3. The smallest absolute Gasteiger partial charge is 0.249 e. The average Bonchev–Trinajstić information content (AvgIpc) is 2.71. The van der Waals surface area contributed by atoms with Crippen molar-refractivity contribution in [3.63, 3.8) is 0 Å². The second kappa shape index (κ2) is 4.67. The SMILES string of the molecule is Cc1ccc(-n2nc(C(C)(C)C)cc2N)cc1C(N)=O. The number of hydrogen-bond donors (Lipinski definition) is 2. The lowest BCUT2D eigenvalue weighted by atomic mass is 9.92. The maximum absolute atomic E-state index is 11.4. The van der Waals surface area contributed by atoms with Crippen molar-refractivity contribution in [1.29, 1.82) is 0 Å². The molecule has 2 rings (SSSR count). The van der Waals surface area contributed by atoms with Gasteiger partial charge in [-0.05, 0) is 24.6 Å². The van der Waals surface area contributed by atoms with E-state index in [1.807, 2.05) is 25.1 Å². The highest BCUT2D eigenvalue weighted by atomic mass is 16.1. The van der Waals surface area contributed by atoms with Gasteiger partial charge in [0.2, 0.25) is 5.91 Å². The Balaban J connectivity index is 2.55. The van der Waals surface area contributed by atoms with Gasteiger partial charge in [0.15, 0.2) is 0 Å². The molecule has 0 aliphatic carbocycles. The van der Waals surface area contributed by atoms with Crippen molar-refractivity contribution >= 4 is 11.7 Å². The molecule has 5 nitrogen and oxygen atoms in total. The fourth-order valence-electron chi connectivity index (χ4n) is 1.98. The van der Waals surface area contributed by atoms with E-state index in [-0.39, 0.29) is 5.41 Å². The number of nitrogens with zero attached hydrogens (tertiary/aromatic N) is 2. The topological polar surface area (TPSA) is 86.9 Å². The molecular weight excluding hydrogens is 252 g/mol. The monoisotopic (exact) mass is 272 g/mol. The quantitative estimate of drug-likeness (QED) is 0.878. The largest absolute Gasteiger partial charge is 0.384 e. The van der Waals surface area contributed by atoms with Crippen molar-refractivity contribution in [3.05, 3.63) is 41.1 Å². The van der Waals surface area contributed by atoms with Crippen LogP contribution in [0.3, 0.4) is 0 Å². The summed E-state index contributed by atoms with van der Waals surface area (Å²) < 4.78 is 1.63. The summed E-state index contributed by atoms with van der Waals surface area (Å²) in [5.41, 5.74) is 14.3. The van der Waals surface area contributed by atoms with Gasteiger partial charge in [-0.1, -0.05) is 26.8 Å². The van der Waals surface area contributed by atoms with Crippen molar-refractivity contribution in [2.45, 2.75) is 33.1 Å². The van der Waals surface area contributed by atoms with Crippen LogP contribution in [0.1, 0.15) is 42.4 Å². The number of primary amides is 1. The molecule has 4 N–H and O–H groups in total. The number of nitrogens with two attached hydrogens (primary N) is 2. The van der Waals surface area contributed by atoms with Gasteiger partial charge in [-0.15, -0.1) is 0 Å². The van der Waals surface area contributed by atoms with Crippen LogP contribution >= 0.6 is 0 Å². The Morgan fingerprint density at radius 1 is 1.25 bits per heavy atom.